The molecule has 0 aliphatic rings. The predicted octanol–water partition coefficient (Wildman–Crippen LogP) is 1.82. The molecule has 15 heteroatoms. The highest BCUT2D eigenvalue weighted by atomic mass is 33.6. The van der Waals surface area contributed by atoms with Gasteiger partial charge in [0, 0.05) is 0 Å². The lowest BCUT2D eigenvalue weighted by atomic mass is 10.1. The van der Waals surface area contributed by atoms with Crippen LogP contribution in [0.25, 0.3) is 0 Å². The van der Waals surface area contributed by atoms with Crippen molar-refractivity contribution in [3.8, 4) is 0 Å². The fourth-order valence-electron chi connectivity index (χ4n) is 1.75. The molecule has 0 N–H and O–H groups in total. The molecule has 0 spiro atoms. The van der Waals surface area contributed by atoms with E-state index in [2.05, 4.69) is 19.3 Å². The fraction of sp³-hybridized carbons (Fsp3) is 0.500. The third kappa shape index (κ3) is 6.11. The Morgan fingerprint density at radius 2 is 1.41 bits per heavy atom. The van der Waals surface area contributed by atoms with Crippen molar-refractivity contribution in [2.24, 2.45) is 19.3 Å². The highest BCUT2D eigenvalue weighted by Gasteiger charge is 2.44. The Kier molecular flexibility index (Phi) is 7.37. The molecule has 0 aliphatic carbocycles. The van der Waals surface area contributed by atoms with Crippen molar-refractivity contribution in [1.82, 2.24) is 0 Å². The standard InChI is InChI=1S/C14H20N4O8S3/c1-10-6-8-11(9-7-10)12(13(19)26-14(2,3)4)16-18-28(22,23)29(24,25)27(20,21)17-15-5/h6-9,12H,1-5H3. The molecule has 0 aromatic heterocycles. The van der Waals surface area contributed by atoms with E-state index in [1.165, 1.54) is 12.1 Å². The predicted molar refractivity (Wildman–Crippen MR) is 102 cm³/mol. The smallest absolute Gasteiger partial charge is 0.400 e. The largest absolute Gasteiger partial charge is 0.458 e. The van der Waals surface area contributed by atoms with Gasteiger partial charge in [-0.25, -0.2) is 4.79 Å². The Labute approximate surface area is 167 Å². The molecule has 0 saturated carbocycles. The van der Waals surface area contributed by atoms with Gasteiger partial charge in [-0.05, 0) is 42.3 Å². The van der Waals surface area contributed by atoms with Crippen LogP contribution in [0, 0.1) is 6.92 Å². The van der Waals surface area contributed by atoms with Crippen LogP contribution in [0.15, 0.2) is 43.5 Å². The summed E-state index contributed by atoms with van der Waals surface area (Å²) in [6.45, 7) is 6.42. The molecule has 0 bridgehead atoms. The van der Waals surface area contributed by atoms with Crippen LogP contribution < -0.4 is 0 Å². The number of rotatable bonds is 7. The van der Waals surface area contributed by atoms with E-state index in [0.717, 1.165) is 12.6 Å². The maximum absolute atomic E-state index is 12.4. The Hall–Kier alpha value is -2.26. The Morgan fingerprint density at radius 1 is 0.931 bits per heavy atom. The molecule has 1 rings (SSSR count). The molecule has 0 saturated heterocycles. The molecule has 1 atom stereocenters. The topological polar surface area (TPSA) is 178 Å². The van der Waals surface area contributed by atoms with Gasteiger partial charge in [0.05, 0.1) is 7.05 Å². The second kappa shape index (κ2) is 8.62. The highest BCUT2D eigenvalue weighted by molar-refractivity contribution is 8.98. The zero-order valence-corrected chi connectivity index (χ0v) is 18.6. The maximum Gasteiger partial charge on any atom is 0.400 e. The molecule has 162 valence electrons. The van der Waals surface area contributed by atoms with E-state index in [9.17, 15) is 30.0 Å². The van der Waals surface area contributed by atoms with E-state index < -0.39 is 43.6 Å². The highest BCUT2D eigenvalue weighted by Crippen LogP contribution is 2.25. The summed E-state index contributed by atoms with van der Waals surface area (Å²) >= 11 is 0. The number of carbonyl (C=O) groups is 1. The van der Waals surface area contributed by atoms with Crippen LogP contribution in [0.3, 0.4) is 0 Å². The molecule has 0 fully saturated rings. The number of nitrogens with zero attached hydrogens (tertiary/aromatic N) is 4. The molecule has 0 aliphatic heterocycles. The van der Waals surface area contributed by atoms with Gasteiger partial charge in [-0.15, -0.1) is 0 Å². The number of esters is 1. The van der Waals surface area contributed by atoms with E-state index in [1.807, 2.05) is 0 Å². The molecule has 1 unspecified atom stereocenters. The third-order valence-corrected chi connectivity index (χ3v) is 11.3. The van der Waals surface area contributed by atoms with E-state index in [1.54, 1.807) is 39.8 Å². The number of hydrogen-bond acceptors (Lipinski definition) is 10. The van der Waals surface area contributed by atoms with E-state index in [4.69, 9.17) is 4.74 Å². The monoisotopic (exact) mass is 468 g/mol. The van der Waals surface area contributed by atoms with Crippen molar-refractivity contribution in [3.63, 3.8) is 0 Å². The van der Waals surface area contributed by atoms with Gasteiger partial charge in [0.1, 0.15) is 5.60 Å². The maximum atomic E-state index is 12.4. The summed E-state index contributed by atoms with van der Waals surface area (Å²) in [6.07, 6.45) is 0. The first-order valence-corrected chi connectivity index (χ1v) is 13.2. The Morgan fingerprint density at radius 3 is 1.86 bits per heavy atom. The quantitative estimate of drug-likeness (QED) is 0.330. The summed E-state index contributed by atoms with van der Waals surface area (Å²) in [5.41, 5.74) is 0.00267. The lowest BCUT2D eigenvalue weighted by Gasteiger charge is -2.22. The van der Waals surface area contributed by atoms with Crippen LogP contribution >= 0.6 is 0 Å². The summed E-state index contributed by atoms with van der Waals surface area (Å²) in [6, 6.07) is 4.41. The first-order chi connectivity index (χ1) is 13.0. The van der Waals surface area contributed by atoms with Crippen molar-refractivity contribution in [2.45, 2.75) is 39.3 Å². The summed E-state index contributed by atoms with van der Waals surface area (Å²) in [5, 5.41) is 6.02. The average molecular weight is 469 g/mol. The number of ether oxygens (including phenoxy) is 1. The molecule has 0 amide bonds. The first kappa shape index (κ1) is 24.8. The van der Waals surface area contributed by atoms with Crippen LogP contribution in [-0.4, -0.2) is 43.9 Å². The molecule has 0 heterocycles. The summed E-state index contributed by atoms with van der Waals surface area (Å²) < 4.78 is 81.0. The van der Waals surface area contributed by atoms with Crippen LogP contribution in [0.5, 0.6) is 0 Å². The molecule has 12 nitrogen and oxygen atoms in total. The average Bonchev–Trinajstić information content (AvgIpc) is 2.54. The normalized spacial score (nSPS) is 14.9. The number of aryl methyl sites for hydroxylation is 1. The lowest BCUT2D eigenvalue weighted by molar-refractivity contribution is -0.156. The minimum absolute atomic E-state index is 0.150. The van der Waals surface area contributed by atoms with Gasteiger partial charge in [0.25, 0.3) is 0 Å². The number of carbonyl (C=O) groups excluding carboxylic acids is 1. The molecule has 1 aromatic carbocycles. The van der Waals surface area contributed by atoms with Crippen LogP contribution in [0.4, 0.5) is 0 Å². The molecular formula is C14H20N4O8S3. The van der Waals surface area contributed by atoms with E-state index >= 15 is 0 Å². The Balaban J connectivity index is 3.47. The minimum Gasteiger partial charge on any atom is -0.458 e. The first-order valence-electron chi connectivity index (χ1n) is 7.81. The van der Waals surface area contributed by atoms with Gasteiger partial charge < -0.3 is 4.74 Å². The number of hydrogen-bond donors (Lipinski definition) is 0. The van der Waals surface area contributed by atoms with Crippen LogP contribution in [-0.2, 0) is 35.5 Å². The fourth-order valence-corrected chi connectivity index (χ4v) is 6.44. The van der Waals surface area contributed by atoms with Gasteiger partial charge in [-0.1, -0.05) is 29.8 Å². The van der Waals surface area contributed by atoms with Crippen molar-refractivity contribution >= 4 is 32.0 Å². The Bertz CT molecular complexity index is 1130. The summed E-state index contributed by atoms with van der Waals surface area (Å²) in [5.74, 6) is -1.02. The molecule has 0 radical (unpaired) electrons. The van der Waals surface area contributed by atoms with Crippen LogP contribution in [0.1, 0.15) is 37.9 Å². The third-order valence-electron chi connectivity index (χ3n) is 2.98. The molecule has 1 aromatic rings. The number of benzene rings is 1. The summed E-state index contributed by atoms with van der Waals surface area (Å²) in [4.78, 5) is 12.4. The van der Waals surface area contributed by atoms with Gasteiger partial charge in [-0.2, -0.15) is 35.5 Å². The zero-order chi connectivity index (χ0) is 22.7. The van der Waals surface area contributed by atoms with Gasteiger partial charge in [0.2, 0.25) is 0 Å². The summed E-state index contributed by atoms with van der Waals surface area (Å²) in [7, 11) is -16.5. The SMILES string of the molecule is CN=NS(=O)(=O)S(=O)(=O)S(=O)(=O)N=NC(C(=O)OC(C)(C)C)c1ccc(C)cc1. The molecule has 29 heavy (non-hydrogen) atoms. The lowest BCUT2D eigenvalue weighted by Crippen LogP contribution is -2.27. The zero-order valence-electron chi connectivity index (χ0n) is 16.2. The van der Waals surface area contributed by atoms with E-state index in [-0.39, 0.29) is 5.56 Å². The van der Waals surface area contributed by atoms with Crippen molar-refractivity contribution in [3.05, 3.63) is 35.4 Å². The van der Waals surface area contributed by atoms with Gasteiger partial charge in [-0.3, -0.25) is 0 Å². The van der Waals surface area contributed by atoms with Crippen molar-refractivity contribution in [1.29, 1.82) is 0 Å². The second-order valence-corrected chi connectivity index (χ2v) is 15.2. The molecular weight excluding hydrogens is 448 g/mol. The van der Waals surface area contributed by atoms with Crippen molar-refractivity contribution < 1.29 is 34.8 Å². The van der Waals surface area contributed by atoms with Crippen LogP contribution in [0.2, 0.25) is 0 Å². The van der Waals surface area contributed by atoms with Gasteiger partial charge in [0.15, 0.2) is 6.04 Å². The minimum atomic E-state index is -5.97. The van der Waals surface area contributed by atoms with E-state index in [0.29, 0.717) is 0 Å². The van der Waals surface area contributed by atoms with Crippen molar-refractivity contribution in [2.75, 3.05) is 7.05 Å². The second-order valence-electron chi connectivity index (χ2n) is 6.59. The van der Waals surface area contributed by atoms with Gasteiger partial charge >= 0.3 is 32.0 Å².